The third kappa shape index (κ3) is 3.38. The summed E-state index contributed by atoms with van der Waals surface area (Å²) in [5.74, 6) is -0.105. The second-order valence-electron chi connectivity index (χ2n) is 4.97. The zero-order valence-corrected chi connectivity index (χ0v) is 14.1. The molecule has 7 heteroatoms. The molecule has 3 aromatic rings. The minimum Gasteiger partial charge on any atom is -0.287 e. The summed E-state index contributed by atoms with van der Waals surface area (Å²) < 4.78 is 0. The maximum atomic E-state index is 12.5. The SMILES string of the molecule is Cc1ccc(C(=O)N(C)c2nc(-c3cc(Cl)ncn3)cs2)cc1. The summed E-state index contributed by atoms with van der Waals surface area (Å²) >= 11 is 7.24. The molecule has 0 fully saturated rings. The van der Waals surface area contributed by atoms with Gasteiger partial charge in [0.15, 0.2) is 5.13 Å². The second kappa shape index (κ2) is 6.44. The summed E-state index contributed by atoms with van der Waals surface area (Å²) in [7, 11) is 1.71. The predicted octanol–water partition coefficient (Wildman–Crippen LogP) is 3.84. The molecule has 0 saturated carbocycles. The Kier molecular flexibility index (Phi) is 4.36. The van der Waals surface area contributed by atoms with E-state index in [9.17, 15) is 4.79 Å². The number of thiazole rings is 1. The zero-order valence-electron chi connectivity index (χ0n) is 12.5. The molecule has 0 bridgehead atoms. The van der Waals surface area contributed by atoms with Crippen molar-refractivity contribution < 1.29 is 4.79 Å². The van der Waals surface area contributed by atoms with Crippen LogP contribution in [0.5, 0.6) is 0 Å². The lowest BCUT2D eigenvalue weighted by molar-refractivity contribution is 0.0993. The molecular weight excluding hydrogens is 332 g/mol. The Morgan fingerprint density at radius 3 is 2.61 bits per heavy atom. The molecule has 3 rings (SSSR count). The van der Waals surface area contributed by atoms with E-state index in [1.54, 1.807) is 13.1 Å². The molecule has 1 amide bonds. The van der Waals surface area contributed by atoms with Crippen LogP contribution in [0, 0.1) is 6.92 Å². The Hall–Kier alpha value is -2.31. The van der Waals surface area contributed by atoms with Crippen LogP contribution in [0.4, 0.5) is 5.13 Å². The quantitative estimate of drug-likeness (QED) is 0.677. The van der Waals surface area contributed by atoms with Crippen LogP contribution in [0.2, 0.25) is 5.15 Å². The molecule has 0 radical (unpaired) electrons. The van der Waals surface area contributed by atoms with E-state index in [0.717, 1.165) is 5.56 Å². The van der Waals surface area contributed by atoms with Crippen molar-refractivity contribution in [2.75, 3.05) is 11.9 Å². The number of benzene rings is 1. The van der Waals surface area contributed by atoms with Gasteiger partial charge in [0.25, 0.3) is 5.91 Å². The van der Waals surface area contributed by atoms with Crippen molar-refractivity contribution in [3.63, 3.8) is 0 Å². The van der Waals surface area contributed by atoms with Crippen molar-refractivity contribution >= 4 is 34.0 Å². The molecule has 0 atom stereocenters. The average molecular weight is 345 g/mol. The van der Waals surface area contributed by atoms with Crippen LogP contribution in [0.3, 0.4) is 0 Å². The number of hydrogen-bond donors (Lipinski definition) is 0. The Balaban J connectivity index is 1.84. The first-order valence-electron chi connectivity index (χ1n) is 6.83. The number of aryl methyl sites for hydroxylation is 1. The zero-order chi connectivity index (χ0) is 16.4. The topological polar surface area (TPSA) is 59.0 Å². The first-order chi connectivity index (χ1) is 11.0. The molecule has 2 aromatic heterocycles. The fraction of sp³-hybridized carbons (Fsp3) is 0.125. The highest BCUT2D eigenvalue weighted by Crippen LogP contribution is 2.27. The molecule has 1 aromatic carbocycles. The lowest BCUT2D eigenvalue weighted by Crippen LogP contribution is -2.26. The van der Waals surface area contributed by atoms with Gasteiger partial charge in [-0.1, -0.05) is 29.3 Å². The van der Waals surface area contributed by atoms with Crippen LogP contribution >= 0.6 is 22.9 Å². The van der Waals surface area contributed by atoms with Gasteiger partial charge in [-0.05, 0) is 19.1 Å². The number of halogens is 1. The number of anilines is 1. The number of carbonyl (C=O) groups excluding carboxylic acids is 1. The third-order valence-electron chi connectivity index (χ3n) is 3.28. The lowest BCUT2D eigenvalue weighted by atomic mass is 10.1. The van der Waals surface area contributed by atoms with Gasteiger partial charge in [-0.15, -0.1) is 11.3 Å². The molecule has 116 valence electrons. The van der Waals surface area contributed by atoms with Crippen molar-refractivity contribution in [1.82, 2.24) is 15.0 Å². The van der Waals surface area contributed by atoms with Crippen LogP contribution in [0.15, 0.2) is 42.0 Å². The van der Waals surface area contributed by atoms with E-state index in [0.29, 0.717) is 27.2 Å². The number of aromatic nitrogens is 3. The van der Waals surface area contributed by atoms with Crippen molar-refractivity contribution in [2.45, 2.75) is 6.92 Å². The minimum absolute atomic E-state index is 0.105. The summed E-state index contributed by atoms with van der Waals surface area (Å²) in [5.41, 5.74) is 3.03. The first kappa shape index (κ1) is 15.6. The van der Waals surface area contributed by atoms with Crippen LogP contribution < -0.4 is 4.90 Å². The van der Waals surface area contributed by atoms with Crippen LogP contribution in [-0.4, -0.2) is 27.9 Å². The monoisotopic (exact) mass is 344 g/mol. The molecule has 0 saturated heterocycles. The number of carbonyl (C=O) groups is 1. The van der Waals surface area contributed by atoms with Crippen molar-refractivity contribution in [1.29, 1.82) is 0 Å². The van der Waals surface area contributed by atoms with Crippen LogP contribution in [0.1, 0.15) is 15.9 Å². The van der Waals surface area contributed by atoms with Gasteiger partial charge < -0.3 is 0 Å². The maximum absolute atomic E-state index is 12.5. The highest BCUT2D eigenvalue weighted by molar-refractivity contribution is 7.14. The predicted molar refractivity (Wildman–Crippen MR) is 92.1 cm³/mol. The minimum atomic E-state index is -0.105. The summed E-state index contributed by atoms with van der Waals surface area (Å²) in [4.78, 5) is 26.5. The fourth-order valence-electron chi connectivity index (χ4n) is 1.99. The van der Waals surface area contributed by atoms with E-state index in [1.165, 1.54) is 22.6 Å². The standard InChI is InChI=1S/C16H13ClN4OS/c1-10-3-5-11(6-4-10)15(22)21(2)16-20-13(8-23-16)12-7-14(17)19-9-18-12/h3-9H,1-2H3. The van der Waals surface area contributed by atoms with E-state index < -0.39 is 0 Å². The van der Waals surface area contributed by atoms with Gasteiger partial charge in [-0.3, -0.25) is 9.69 Å². The van der Waals surface area contributed by atoms with Gasteiger partial charge in [-0.25, -0.2) is 15.0 Å². The maximum Gasteiger partial charge on any atom is 0.259 e. The fourth-order valence-corrected chi connectivity index (χ4v) is 2.92. The van der Waals surface area contributed by atoms with Gasteiger partial charge in [0.1, 0.15) is 17.2 Å². The summed E-state index contributed by atoms with van der Waals surface area (Å²) in [5, 5.41) is 2.79. The number of rotatable bonds is 3. The van der Waals surface area contributed by atoms with Gasteiger partial charge >= 0.3 is 0 Å². The molecule has 0 aliphatic carbocycles. The lowest BCUT2D eigenvalue weighted by Gasteiger charge is -2.13. The molecule has 0 N–H and O–H groups in total. The summed E-state index contributed by atoms with van der Waals surface area (Å²) in [6, 6.07) is 9.09. The molecule has 0 spiro atoms. The molecule has 0 aliphatic heterocycles. The smallest absolute Gasteiger partial charge is 0.259 e. The van der Waals surface area contributed by atoms with Gasteiger partial charge in [0, 0.05) is 24.1 Å². The normalized spacial score (nSPS) is 10.6. The first-order valence-corrected chi connectivity index (χ1v) is 8.08. The van der Waals surface area contributed by atoms with E-state index >= 15 is 0 Å². The Labute approximate surface area is 142 Å². The highest BCUT2D eigenvalue weighted by Gasteiger charge is 2.17. The molecule has 2 heterocycles. The van der Waals surface area contributed by atoms with Crippen molar-refractivity contribution in [3.8, 4) is 11.4 Å². The summed E-state index contributed by atoms with van der Waals surface area (Å²) in [6.45, 7) is 1.98. The van der Waals surface area contributed by atoms with E-state index in [2.05, 4.69) is 15.0 Å². The van der Waals surface area contributed by atoms with Crippen LogP contribution in [0.25, 0.3) is 11.4 Å². The van der Waals surface area contributed by atoms with Gasteiger partial charge in [0.05, 0.1) is 5.69 Å². The summed E-state index contributed by atoms with van der Waals surface area (Å²) in [6.07, 6.45) is 1.39. The van der Waals surface area contributed by atoms with E-state index in [-0.39, 0.29) is 5.91 Å². The Morgan fingerprint density at radius 2 is 1.91 bits per heavy atom. The molecule has 23 heavy (non-hydrogen) atoms. The second-order valence-corrected chi connectivity index (χ2v) is 6.20. The number of amides is 1. The number of hydrogen-bond acceptors (Lipinski definition) is 5. The van der Waals surface area contributed by atoms with Crippen molar-refractivity contribution in [2.24, 2.45) is 0 Å². The van der Waals surface area contributed by atoms with Gasteiger partial charge in [0.2, 0.25) is 0 Å². The third-order valence-corrected chi connectivity index (χ3v) is 4.40. The Bertz CT molecular complexity index is 847. The highest BCUT2D eigenvalue weighted by atomic mass is 35.5. The molecular formula is C16H13ClN4OS. The molecule has 0 aliphatic rings. The van der Waals surface area contributed by atoms with E-state index in [1.807, 2.05) is 36.6 Å². The average Bonchev–Trinajstić information content (AvgIpc) is 3.04. The van der Waals surface area contributed by atoms with Gasteiger partial charge in [-0.2, -0.15) is 0 Å². The molecule has 5 nitrogen and oxygen atoms in total. The number of nitrogens with zero attached hydrogens (tertiary/aromatic N) is 4. The van der Waals surface area contributed by atoms with E-state index in [4.69, 9.17) is 11.6 Å². The van der Waals surface area contributed by atoms with Crippen molar-refractivity contribution in [3.05, 3.63) is 58.3 Å². The van der Waals surface area contributed by atoms with Crippen LogP contribution in [-0.2, 0) is 0 Å². The molecule has 0 unspecified atom stereocenters. The largest absolute Gasteiger partial charge is 0.287 e. The Morgan fingerprint density at radius 1 is 1.17 bits per heavy atom.